The molecule has 0 saturated carbocycles. The molecule has 2 aromatic heterocycles. The molecule has 0 spiro atoms. The first-order chi connectivity index (χ1) is 10.8. The van der Waals surface area contributed by atoms with E-state index in [0.29, 0.717) is 6.42 Å². The van der Waals surface area contributed by atoms with Gasteiger partial charge in [0.15, 0.2) is 0 Å². The largest absolute Gasteiger partial charge is 0.468 e. The van der Waals surface area contributed by atoms with Gasteiger partial charge in [-0.25, -0.2) is 0 Å². The number of esters is 1. The number of rotatable bonds is 2. The van der Waals surface area contributed by atoms with Crippen molar-refractivity contribution in [3.8, 4) is 0 Å². The highest BCUT2D eigenvalue weighted by Gasteiger charge is 2.34. The van der Waals surface area contributed by atoms with Crippen molar-refractivity contribution in [2.24, 2.45) is 0 Å². The Labute approximate surface area is 132 Å². The summed E-state index contributed by atoms with van der Waals surface area (Å²) in [6, 6.07) is 12.1. The second kappa shape index (κ2) is 5.26. The van der Waals surface area contributed by atoms with E-state index in [-0.39, 0.29) is 18.1 Å². The molecule has 2 atom stereocenters. The highest BCUT2D eigenvalue weighted by Crippen LogP contribution is 2.36. The third-order valence-corrected chi connectivity index (χ3v) is 5.16. The van der Waals surface area contributed by atoms with Crippen molar-refractivity contribution >= 4 is 28.2 Å². The fraction of sp³-hybridized carbons (Fsp3) is 0.235. The van der Waals surface area contributed by atoms with Crippen LogP contribution in [0.4, 0.5) is 0 Å². The van der Waals surface area contributed by atoms with Gasteiger partial charge in [0, 0.05) is 27.9 Å². The van der Waals surface area contributed by atoms with Gasteiger partial charge in [0.25, 0.3) is 0 Å². The zero-order chi connectivity index (χ0) is 15.1. The molecule has 0 unspecified atom stereocenters. The number of para-hydroxylation sites is 1. The topological polar surface area (TPSA) is 54.1 Å². The van der Waals surface area contributed by atoms with Gasteiger partial charge >= 0.3 is 5.97 Å². The van der Waals surface area contributed by atoms with Gasteiger partial charge in [0.05, 0.1) is 13.2 Å². The molecule has 0 bridgehead atoms. The Morgan fingerprint density at radius 2 is 2.14 bits per heavy atom. The lowest BCUT2D eigenvalue weighted by atomic mass is 9.93. The van der Waals surface area contributed by atoms with Gasteiger partial charge < -0.3 is 9.72 Å². The van der Waals surface area contributed by atoms with Crippen LogP contribution in [0.25, 0.3) is 10.9 Å². The maximum Gasteiger partial charge on any atom is 0.323 e. The van der Waals surface area contributed by atoms with Crippen molar-refractivity contribution in [1.29, 1.82) is 0 Å². The van der Waals surface area contributed by atoms with Gasteiger partial charge in [-0.05, 0) is 23.1 Å². The Morgan fingerprint density at radius 1 is 1.27 bits per heavy atom. The van der Waals surface area contributed by atoms with Crippen molar-refractivity contribution < 1.29 is 9.53 Å². The van der Waals surface area contributed by atoms with Crippen molar-refractivity contribution in [2.45, 2.75) is 18.5 Å². The molecular weight excluding hydrogens is 296 g/mol. The predicted molar refractivity (Wildman–Crippen MR) is 87.1 cm³/mol. The van der Waals surface area contributed by atoms with Crippen LogP contribution in [0, 0.1) is 0 Å². The first-order valence-corrected chi connectivity index (χ1v) is 8.12. The van der Waals surface area contributed by atoms with Crippen molar-refractivity contribution in [3.05, 3.63) is 57.9 Å². The normalized spacial score (nSPS) is 20.8. The van der Waals surface area contributed by atoms with Crippen molar-refractivity contribution in [3.63, 3.8) is 0 Å². The van der Waals surface area contributed by atoms with Crippen LogP contribution in [0.2, 0.25) is 0 Å². The average Bonchev–Trinajstić information content (AvgIpc) is 3.20. The second-order valence-corrected chi connectivity index (χ2v) is 6.44. The molecule has 0 radical (unpaired) electrons. The zero-order valence-corrected chi connectivity index (χ0v) is 12.9. The van der Waals surface area contributed by atoms with E-state index in [2.05, 4.69) is 33.9 Å². The third-order valence-electron chi connectivity index (χ3n) is 4.22. The molecule has 0 saturated heterocycles. The van der Waals surface area contributed by atoms with Crippen LogP contribution in [-0.4, -0.2) is 24.1 Å². The highest BCUT2D eigenvalue weighted by atomic mass is 32.1. The first kappa shape index (κ1) is 13.5. The van der Waals surface area contributed by atoms with Crippen LogP contribution in [0.5, 0.6) is 0 Å². The van der Waals surface area contributed by atoms with Gasteiger partial charge in [0.1, 0.15) is 6.04 Å². The molecule has 4 rings (SSSR count). The fourth-order valence-electron chi connectivity index (χ4n) is 3.21. The summed E-state index contributed by atoms with van der Waals surface area (Å²) in [7, 11) is 1.44. The minimum atomic E-state index is -0.316. The van der Waals surface area contributed by atoms with E-state index in [1.54, 1.807) is 11.3 Å². The lowest BCUT2D eigenvalue weighted by molar-refractivity contribution is -0.143. The van der Waals surface area contributed by atoms with Crippen molar-refractivity contribution in [2.75, 3.05) is 7.11 Å². The lowest BCUT2D eigenvalue weighted by Crippen LogP contribution is -2.45. The Bertz CT molecular complexity index is 822. The number of nitrogens with one attached hydrogen (secondary N) is 2. The minimum Gasteiger partial charge on any atom is -0.468 e. The number of thiophene rings is 1. The summed E-state index contributed by atoms with van der Waals surface area (Å²) in [6.45, 7) is 0. The molecule has 3 heterocycles. The number of benzene rings is 1. The van der Waals surface area contributed by atoms with E-state index in [1.165, 1.54) is 22.9 Å². The summed E-state index contributed by atoms with van der Waals surface area (Å²) in [4.78, 5) is 16.8. The van der Waals surface area contributed by atoms with E-state index in [4.69, 9.17) is 4.74 Å². The number of hydrogen-bond donors (Lipinski definition) is 2. The van der Waals surface area contributed by atoms with Gasteiger partial charge in [-0.2, -0.15) is 0 Å². The average molecular weight is 312 g/mol. The van der Waals surface area contributed by atoms with Crippen LogP contribution in [0.3, 0.4) is 0 Å². The maximum absolute atomic E-state index is 12.1. The Balaban J connectivity index is 1.88. The second-order valence-electron chi connectivity index (χ2n) is 5.46. The number of aromatic nitrogens is 1. The van der Waals surface area contributed by atoms with E-state index >= 15 is 0 Å². The molecule has 3 aromatic rings. The number of carbonyl (C=O) groups excluding carboxylic acids is 1. The SMILES string of the molecule is COC(=O)[C@@H]1Cc2c([nH]c3ccccc23)[C@@H](c2cccs2)N1. The first-order valence-electron chi connectivity index (χ1n) is 7.24. The molecule has 22 heavy (non-hydrogen) atoms. The summed E-state index contributed by atoms with van der Waals surface area (Å²) >= 11 is 1.69. The number of fused-ring (bicyclic) bond motifs is 3. The Morgan fingerprint density at radius 3 is 2.91 bits per heavy atom. The zero-order valence-electron chi connectivity index (χ0n) is 12.1. The van der Waals surface area contributed by atoms with Crippen molar-refractivity contribution in [1.82, 2.24) is 10.3 Å². The van der Waals surface area contributed by atoms with Gasteiger partial charge in [-0.1, -0.05) is 24.3 Å². The molecule has 112 valence electrons. The third kappa shape index (κ3) is 2.05. The van der Waals surface area contributed by atoms with Gasteiger partial charge in [-0.15, -0.1) is 11.3 Å². The molecule has 1 aliphatic heterocycles. The molecule has 0 amide bonds. The Hall–Kier alpha value is -2.11. The molecule has 1 aromatic carbocycles. The summed E-state index contributed by atoms with van der Waals surface area (Å²) in [5.41, 5.74) is 3.48. The molecule has 2 N–H and O–H groups in total. The number of ether oxygens (including phenoxy) is 1. The molecule has 5 heteroatoms. The predicted octanol–water partition coefficient (Wildman–Crippen LogP) is 3.01. The number of carbonyl (C=O) groups is 1. The number of H-pyrrole nitrogens is 1. The summed E-state index contributed by atoms with van der Waals surface area (Å²) in [6.07, 6.45) is 0.647. The number of methoxy groups -OCH3 is 1. The van der Waals surface area contributed by atoms with Crippen LogP contribution in [0.1, 0.15) is 22.2 Å². The van der Waals surface area contributed by atoms with Crippen LogP contribution in [0.15, 0.2) is 41.8 Å². The highest BCUT2D eigenvalue weighted by molar-refractivity contribution is 7.10. The molecule has 0 aliphatic carbocycles. The summed E-state index contributed by atoms with van der Waals surface area (Å²) in [5.74, 6) is -0.211. The smallest absolute Gasteiger partial charge is 0.323 e. The lowest BCUT2D eigenvalue weighted by Gasteiger charge is -2.29. The molecule has 0 fully saturated rings. The van der Waals surface area contributed by atoms with E-state index < -0.39 is 0 Å². The summed E-state index contributed by atoms with van der Waals surface area (Å²) < 4.78 is 4.95. The van der Waals surface area contributed by atoms with E-state index in [0.717, 1.165) is 11.2 Å². The maximum atomic E-state index is 12.1. The number of aromatic amines is 1. The molecular formula is C17H16N2O2S. The quantitative estimate of drug-likeness (QED) is 0.715. The summed E-state index contributed by atoms with van der Waals surface area (Å²) in [5, 5.41) is 6.67. The fourth-order valence-corrected chi connectivity index (χ4v) is 4.00. The van der Waals surface area contributed by atoms with E-state index in [9.17, 15) is 4.79 Å². The molecule has 1 aliphatic rings. The van der Waals surface area contributed by atoms with Crippen LogP contribution < -0.4 is 5.32 Å². The van der Waals surface area contributed by atoms with E-state index in [1.807, 2.05) is 18.2 Å². The monoisotopic (exact) mass is 312 g/mol. The standard InChI is InChI=1S/C17H16N2O2S/c1-21-17(20)13-9-11-10-5-2-3-6-12(10)18-15(11)16(19-13)14-7-4-8-22-14/h2-8,13,16,18-19H,9H2,1H3/t13-,16+/m0/s1. The van der Waals surface area contributed by atoms with Crippen LogP contribution >= 0.6 is 11.3 Å². The Kier molecular flexibility index (Phi) is 3.24. The van der Waals surface area contributed by atoms with Gasteiger partial charge in [0.2, 0.25) is 0 Å². The molecule has 4 nitrogen and oxygen atoms in total. The van der Waals surface area contributed by atoms with Gasteiger partial charge in [-0.3, -0.25) is 10.1 Å². The minimum absolute atomic E-state index is 0.000231. The van der Waals surface area contributed by atoms with Crippen LogP contribution in [-0.2, 0) is 16.0 Å². The number of hydrogen-bond acceptors (Lipinski definition) is 4.